The number of rotatable bonds is 12. The Morgan fingerprint density at radius 2 is 1.74 bits per heavy atom. The smallest absolute Gasteiger partial charge is 0.234 e. The second kappa shape index (κ2) is 13.3. The van der Waals surface area contributed by atoms with Crippen LogP contribution in [-0.4, -0.2) is 39.4 Å². The Morgan fingerprint density at radius 3 is 2.39 bits per heavy atom. The fraction of sp³-hybridized carbons (Fsp3) is 0.429. The predicted molar refractivity (Wildman–Crippen MR) is 151 cm³/mol. The first-order valence-corrected chi connectivity index (χ1v) is 13.6. The summed E-state index contributed by atoms with van der Waals surface area (Å²) in [6.45, 7) is 12.6. The molecule has 1 atom stereocenters. The normalized spacial score (nSPS) is 11.9. The van der Waals surface area contributed by atoms with Crippen LogP contribution in [0.2, 0.25) is 0 Å². The molecule has 0 saturated carbocycles. The zero-order valence-corrected chi connectivity index (χ0v) is 23.9. The molecule has 2 N–H and O–H groups in total. The Balaban J connectivity index is 1.72. The average molecular weight is 540 g/mol. The summed E-state index contributed by atoms with van der Waals surface area (Å²) >= 11 is 1.32. The van der Waals surface area contributed by atoms with Crippen molar-refractivity contribution in [3.05, 3.63) is 53.9 Å². The number of carbonyl (C=O) groups excluding carboxylic acids is 2. The molecular formula is C28H37N5O4S. The fourth-order valence-electron chi connectivity index (χ4n) is 3.95. The van der Waals surface area contributed by atoms with Crippen LogP contribution >= 0.6 is 11.8 Å². The molecule has 0 aliphatic carbocycles. The van der Waals surface area contributed by atoms with E-state index in [0.29, 0.717) is 40.7 Å². The number of carbonyl (C=O) groups is 2. The molecule has 0 radical (unpaired) electrons. The number of benzene rings is 2. The number of ether oxygens (including phenoxy) is 2. The molecule has 0 aliphatic rings. The lowest BCUT2D eigenvalue weighted by Crippen LogP contribution is -2.17. The molecule has 10 heteroatoms. The standard InChI is InChI=1S/C28H37N5O4S/c1-17(2)15-33-27(19(5)37-24-11-9-8-10-22(24)18(3)4)31-32-28(33)38-16-26(35)30-21-12-13-25(36-7)23(14-21)29-20(6)34/h8-14,17-19H,15-16H2,1-7H3,(H,29,34)(H,30,35). The van der Waals surface area contributed by atoms with E-state index in [1.54, 1.807) is 18.2 Å². The van der Waals surface area contributed by atoms with Crippen LogP contribution in [0.3, 0.4) is 0 Å². The van der Waals surface area contributed by atoms with Crippen molar-refractivity contribution in [2.24, 2.45) is 5.92 Å². The van der Waals surface area contributed by atoms with Crippen LogP contribution in [0.1, 0.15) is 65.0 Å². The van der Waals surface area contributed by atoms with Gasteiger partial charge in [0.05, 0.1) is 18.6 Å². The largest absolute Gasteiger partial charge is 0.495 e. The Labute approximate surface area is 228 Å². The number of methoxy groups -OCH3 is 1. The van der Waals surface area contributed by atoms with Crippen LogP contribution in [0.4, 0.5) is 11.4 Å². The van der Waals surface area contributed by atoms with Gasteiger partial charge in [0.25, 0.3) is 0 Å². The number of hydrogen-bond donors (Lipinski definition) is 2. The number of nitrogens with zero attached hydrogens (tertiary/aromatic N) is 3. The first kappa shape index (κ1) is 29.0. The monoisotopic (exact) mass is 539 g/mol. The van der Waals surface area contributed by atoms with Gasteiger partial charge in [0.1, 0.15) is 11.5 Å². The molecule has 1 unspecified atom stereocenters. The molecule has 0 saturated heterocycles. The van der Waals surface area contributed by atoms with Crippen LogP contribution in [0.5, 0.6) is 11.5 Å². The topological polar surface area (TPSA) is 107 Å². The summed E-state index contributed by atoms with van der Waals surface area (Å²) in [4.78, 5) is 24.3. The number of nitrogens with one attached hydrogen (secondary N) is 2. The number of anilines is 2. The highest BCUT2D eigenvalue weighted by molar-refractivity contribution is 7.99. The van der Waals surface area contributed by atoms with E-state index in [-0.39, 0.29) is 23.7 Å². The van der Waals surface area contributed by atoms with E-state index in [2.05, 4.69) is 54.6 Å². The van der Waals surface area contributed by atoms with Gasteiger partial charge < -0.3 is 24.7 Å². The third kappa shape index (κ3) is 7.74. The lowest BCUT2D eigenvalue weighted by molar-refractivity contribution is -0.114. The van der Waals surface area contributed by atoms with Gasteiger partial charge in [0.2, 0.25) is 11.8 Å². The van der Waals surface area contributed by atoms with Gasteiger partial charge in [0.15, 0.2) is 17.1 Å². The molecule has 204 valence electrons. The van der Waals surface area contributed by atoms with E-state index in [1.165, 1.54) is 25.8 Å². The van der Waals surface area contributed by atoms with E-state index >= 15 is 0 Å². The van der Waals surface area contributed by atoms with Crippen LogP contribution in [0.25, 0.3) is 0 Å². The molecule has 1 heterocycles. The van der Waals surface area contributed by atoms with E-state index in [9.17, 15) is 9.59 Å². The van der Waals surface area contributed by atoms with Crippen molar-refractivity contribution in [3.63, 3.8) is 0 Å². The lowest BCUT2D eigenvalue weighted by Gasteiger charge is -2.20. The number of para-hydroxylation sites is 1. The minimum atomic E-state index is -0.323. The van der Waals surface area contributed by atoms with Crippen molar-refractivity contribution in [2.45, 2.75) is 65.3 Å². The SMILES string of the molecule is COc1ccc(NC(=O)CSc2nnc(C(C)Oc3ccccc3C(C)C)n2CC(C)C)cc1NC(C)=O. The van der Waals surface area contributed by atoms with Crippen molar-refractivity contribution in [1.82, 2.24) is 14.8 Å². The fourth-order valence-corrected chi connectivity index (χ4v) is 4.71. The van der Waals surface area contributed by atoms with Crippen molar-refractivity contribution in [2.75, 3.05) is 23.5 Å². The molecule has 2 aromatic carbocycles. The summed E-state index contributed by atoms with van der Waals surface area (Å²) in [5.41, 5.74) is 2.18. The summed E-state index contributed by atoms with van der Waals surface area (Å²) in [6.07, 6.45) is -0.323. The van der Waals surface area contributed by atoms with E-state index in [4.69, 9.17) is 9.47 Å². The van der Waals surface area contributed by atoms with Gasteiger partial charge in [-0.3, -0.25) is 9.59 Å². The second-order valence-electron chi connectivity index (χ2n) is 9.73. The first-order valence-electron chi connectivity index (χ1n) is 12.7. The van der Waals surface area contributed by atoms with Crippen LogP contribution < -0.4 is 20.1 Å². The molecular weight excluding hydrogens is 502 g/mol. The zero-order chi connectivity index (χ0) is 27.8. The van der Waals surface area contributed by atoms with E-state index in [0.717, 1.165) is 17.1 Å². The molecule has 3 aromatic rings. The van der Waals surface area contributed by atoms with Gasteiger partial charge in [-0.05, 0) is 48.6 Å². The second-order valence-corrected chi connectivity index (χ2v) is 10.7. The number of amides is 2. The van der Waals surface area contributed by atoms with Crippen LogP contribution in [-0.2, 0) is 16.1 Å². The average Bonchev–Trinajstić information content (AvgIpc) is 3.24. The van der Waals surface area contributed by atoms with Gasteiger partial charge >= 0.3 is 0 Å². The Kier molecular flexibility index (Phi) is 10.2. The Bertz CT molecular complexity index is 1260. The summed E-state index contributed by atoms with van der Waals surface area (Å²) in [6, 6.07) is 13.1. The quantitative estimate of drug-likeness (QED) is 0.276. The Morgan fingerprint density at radius 1 is 1.00 bits per heavy atom. The minimum Gasteiger partial charge on any atom is -0.495 e. The highest BCUT2D eigenvalue weighted by Crippen LogP contribution is 2.31. The third-order valence-corrected chi connectivity index (χ3v) is 6.59. The maximum atomic E-state index is 12.8. The van der Waals surface area contributed by atoms with Crippen molar-refractivity contribution < 1.29 is 19.1 Å². The van der Waals surface area contributed by atoms with E-state index in [1.807, 2.05) is 29.7 Å². The first-order chi connectivity index (χ1) is 18.1. The van der Waals surface area contributed by atoms with Gasteiger partial charge in [-0.25, -0.2) is 0 Å². The molecule has 1 aromatic heterocycles. The maximum Gasteiger partial charge on any atom is 0.234 e. The summed E-state index contributed by atoms with van der Waals surface area (Å²) in [5.74, 6) is 2.45. The molecule has 0 aliphatic heterocycles. The summed E-state index contributed by atoms with van der Waals surface area (Å²) in [7, 11) is 1.52. The number of aromatic nitrogens is 3. The van der Waals surface area contributed by atoms with Crippen LogP contribution in [0.15, 0.2) is 47.6 Å². The predicted octanol–water partition coefficient (Wildman–Crippen LogP) is 5.90. The van der Waals surface area contributed by atoms with Crippen LogP contribution in [0, 0.1) is 5.92 Å². The molecule has 3 rings (SSSR count). The van der Waals surface area contributed by atoms with Crippen molar-refractivity contribution in [1.29, 1.82) is 0 Å². The van der Waals surface area contributed by atoms with Crippen molar-refractivity contribution in [3.8, 4) is 11.5 Å². The number of hydrogen-bond acceptors (Lipinski definition) is 7. The van der Waals surface area contributed by atoms with Gasteiger partial charge in [0, 0.05) is 19.2 Å². The molecule has 0 fully saturated rings. The minimum absolute atomic E-state index is 0.142. The maximum absolute atomic E-state index is 12.8. The molecule has 9 nitrogen and oxygen atoms in total. The summed E-state index contributed by atoms with van der Waals surface area (Å²) < 4.78 is 13.6. The molecule has 0 spiro atoms. The number of thioether (sulfide) groups is 1. The molecule has 0 bridgehead atoms. The van der Waals surface area contributed by atoms with Crippen molar-refractivity contribution >= 4 is 35.0 Å². The molecule has 2 amide bonds. The van der Waals surface area contributed by atoms with Gasteiger partial charge in [-0.2, -0.15) is 0 Å². The Hall–Kier alpha value is -3.53. The summed E-state index contributed by atoms with van der Waals surface area (Å²) in [5, 5.41) is 15.1. The van der Waals surface area contributed by atoms with Gasteiger partial charge in [-0.15, -0.1) is 10.2 Å². The van der Waals surface area contributed by atoms with Gasteiger partial charge in [-0.1, -0.05) is 57.7 Å². The highest BCUT2D eigenvalue weighted by Gasteiger charge is 2.22. The zero-order valence-electron chi connectivity index (χ0n) is 23.1. The lowest BCUT2D eigenvalue weighted by atomic mass is 10.0. The molecule has 38 heavy (non-hydrogen) atoms. The highest BCUT2D eigenvalue weighted by atomic mass is 32.2. The van der Waals surface area contributed by atoms with E-state index < -0.39 is 0 Å². The third-order valence-electron chi connectivity index (χ3n) is 5.63.